The van der Waals surface area contributed by atoms with Crippen LogP contribution in [-0.4, -0.2) is 79.6 Å². The lowest BCUT2D eigenvalue weighted by Crippen LogP contribution is -2.50. The van der Waals surface area contributed by atoms with Crippen molar-refractivity contribution < 1.29 is 22.8 Å². The number of guanidine groups is 1. The molecule has 1 aliphatic rings. The van der Waals surface area contributed by atoms with E-state index < -0.39 is 18.6 Å². The highest BCUT2D eigenvalue weighted by Crippen LogP contribution is 2.17. The molecule has 0 bridgehead atoms. The smallest absolute Gasteiger partial charge is 0.357 e. The predicted octanol–water partition coefficient (Wildman–Crippen LogP) is 1.99. The normalized spacial score (nSPS) is 16.1. The molecule has 0 aromatic heterocycles. The molecule has 1 aliphatic heterocycles. The number of likely N-dealkylation sites (tertiary alicyclic amines) is 1. The van der Waals surface area contributed by atoms with Gasteiger partial charge in [0.25, 0.3) is 0 Å². The Labute approximate surface area is 171 Å². The Morgan fingerprint density at radius 2 is 1.76 bits per heavy atom. The first kappa shape index (κ1) is 25.0. The summed E-state index contributed by atoms with van der Waals surface area (Å²) in [5.74, 6) is -0.0402. The number of piperidine rings is 1. The maximum absolute atomic E-state index is 12.5. The summed E-state index contributed by atoms with van der Waals surface area (Å²) in [7, 11) is 1.11. The van der Waals surface area contributed by atoms with E-state index in [2.05, 4.69) is 15.6 Å². The SMILES string of the molecule is CCNC(=NCC(=O)N(C)CC(F)(F)F)NC1CCN(C(=O)C(CC)CC)CC1. The Morgan fingerprint density at radius 1 is 1.17 bits per heavy atom. The third-order valence-electron chi connectivity index (χ3n) is 5.04. The van der Waals surface area contributed by atoms with Gasteiger partial charge in [0.1, 0.15) is 13.1 Å². The molecule has 0 aliphatic carbocycles. The average molecular weight is 422 g/mol. The van der Waals surface area contributed by atoms with Gasteiger partial charge in [-0.25, -0.2) is 4.99 Å². The minimum Gasteiger partial charge on any atom is -0.357 e. The van der Waals surface area contributed by atoms with Gasteiger partial charge in [0.05, 0.1) is 0 Å². The van der Waals surface area contributed by atoms with Gasteiger partial charge in [-0.3, -0.25) is 9.59 Å². The molecule has 10 heteroatoms. The fourth-order valence-electron chi connectivity index (χ4n) is 3.28. The summed E-state index contributed by atoms with van der Waals surface area (Å²) in [6, 6.07) is 0.0848. The van der Waals surface area contributed by atoms with Crippen LogP contribution in [0.15, 0.2) is 4.99 Å². The van der Waals surface area contributed by atoms with Crippen molar-refractivity contribution in [2.75, 3.05) is 39.8 Å². The number of hydrogen-bond acceptors (Lipinski definition) is 3. The molecule has 1 fully saturated rings. The van der Waals surface area contributed by atoms with Gasteiger partial charge in [-0.1, -0.05) is 13.8 Å². The summed E-state index contributed by atoms with van der Waals surface area (Å²) in [5.41, 5.74) is 0. The van der Waals surface area contributed by atoms with Gasteiger partial charge < -0.3 is 20.4 Å². The summed E-state index contributed by atoms with van der Waals surface area (Å²) < 4.78 is 37.2. The van der Waals surface area contributed by atoms with Crippen LogP contribution in [0.5, 0.6) is 0 Å². The minimum absolute atomic E-state index is 0.0677. The van der Waals surface area contributed by atoms with E-state index in [1.165, 1.54) is 0 Å². The molecule has 29 heavy (non-hydrogen) atoms. The number of likely N-dealkylation sites (N-methyl/N-ethyl adjacent to an activating group) is 1. The Bertz CT molecular complexity index is 557. The van der Waals surface area contributed by atoms with E-state index in [1.807, 2.05) is 25.7 Å². The van der Waals surface area contributed by atoms with Crippen LogP contribution in [0.1, 0.15) is 46.5 Å². The van der Waals surface area contributed by atoms with E-state index in [4.69, 9.17) is 0 Å². The zero-order valence-electron chi connectivity index (χ0n) is 17.8. The highest BCUT2D eigenvalue weighted by Gasteiger charge is 2.31. The van der Waals surface area contributed by atoms with E-state index in [-0.39, 0.29) is 24.4 Å². The van der Waals surface area contributed by atoms with Crippen LogP contribution in [-0.2, 0) is 9.59 Å². The van der Waals surface area contributed by atoms with Crippen LogP contribution in [0.25, 0.3) is 0 Å². The third-order valence-corrected chi connectivity index (χ3v) is 5.04. The second-order valence-corrected chi connectivity index (χ2v) is 7.32. The average Bonchev–Trinajstić information content (AvgIpc) is 2.66. The quantitative estimate of drug-likeness (QED) is 0.464. The van der Waals surface area contributed by atoms with E-state index in [0.717, 1.165) is 32.7 Å². The highest BCUT2D eigenvalue weighted by molar-refractivity contribution is 5.85. The lowest BCUT2D eigenvalue weighted by Gasteiger charge is -2.34. The first-order valence-corrected chi connectivity index (χ1v) is 10.3. The molecule has 0 atom stereocenters. The first-order chi connectivity index (χ1) is 13.6. The van der Waals surface area contributed by atoms with E-state index in [9.17, 15) is 22.8 Å². The molecule has 7 nitrogen and oxygen atoms in total. The predicted molar refractivity (Wildman–Crippen MR) is 106 cm³/mol. The van der Waals surface area contributed by atoms with Crippen molar-refractivity contribution in [1.29, 1.82) is 0 Å². The maximum Gasteiger partial charge on any atom is 0.406 e. The molecule has 0 aromatic carbocycles. The lowest BCUT2D eigenvalue weighted by molar-refractivity contribution is -0.157. The number of nitrogens with one attached hydrogen (secondary N) is 2. The van der Waals surface area contributed by atoms with Crippen molar-refractivity contribution in [3.05, 3.63) is 0 Å². The van der Waals surface area contributed by atoms with Gasteiger partial charge in [-0.15, -0.1) is 0 Å². The molecule has 0 spiro atoms. The van der Waals surface area contributed by atoms with Crippen LogP contribution in [0.4, 0.5) is 13.2 Å². The minimum atomic E-state index is -4.43. The van der Waals surface area contributed by atoms with Crippen molar-refractivity contribution in [2.24, 2.45) is 10.9 Å². The number of halogens is 3. The fraction of sp³-hybridized carbons (Fsp3) is 0.842. The van der Waals surface area contributed by atoms with Crippen molar-refractivity contribution >= 4 is 17.8 Å². The molecule has 0 radical (unpaired) electrons. The summed E-state index contributed by atoms with van der Waals surface area (Å²) in [4.78, 5) is 31.0. The largest absolute Gasteiger partial charge is 0.406 e. The molecule has 0 unspecified atom stereocenters. The van der Waals surface area contributed by atoms with Crippen LogP contribution in [0.3, 0.4) is 0 Å². The number of hydrogen-bond donors (Lipinski definition) is 2. The second-order valence-electron chi connectivity index (χ2n) is 7.32. The Morgan fingerprint density at radius 3 is 2.24 bits per heavy atom. The molecular formula is C19H34F3N5O2. The Balaban J connectivity index is 2.57. The molecule has 1 saturated heterocycles. The van der Waals surface area contributed by atoms with Crippen LogP contribution in [0, 0.1) is 5.92 Å². The topological polar surface area (TPSA) is 77.0 Å². The molecule has 1 rings (SSSR count). The third kappa shape index (κ3) is 8.91. The van der Waals surface area contributed by atoms with Gasteiger partial charge in [0.2, 0.25) is 11.8 Å². The molecular weight excluding hydrogens is 387 g/mol. The summed E-state index contributed by atoms with van der Waals surface area (Å²) in [6.45, 7) is 6.11. The number of alkyl halides is 3. The zero-order valence-corrected chi connectivity index (χ0v) is 17.8. The molecule has 168 valence electrons. The number of nitrogens with zero attached hydrogens (tertiary/aromatic N) is 3. The van der Waals surface area contributed by atoms with Crippen LogP contribution < -0.4 is 10.6 Å². The number of carbonyl (C=O) groups is 2. The summed E-state index contributed by atoms with van der Waals surface area (Å²) in [5, 5.41) is 6.23. The fourth-order valence-corrected chi connectivity index (χ4v) is 3.28. The lowest BCUT2D eigenvalue weighted by atomic mass is 9.98. The highest BCUT2D eigenvalue weighted by atomic mass is 19.4. The van der Waals surface area contributed by atoms with E-state index >= 15 is 0 Å². The van der Waals surface area contributed by atoms with E-state index in [1.54, 1.807) is 0 Å². The summed E-state index contributed by atoms with van der Waals surface area (Å²) >= 11 is 0. The molecule has 2 amide bonds. The number of carbonyl (C=O) groups excluding carboxylic acids is 2. The summed E-state index contributed by atoms with van der Waals surface area (Å²) in [6.07, 6.45) is -1.27. The van der Waals surface area contributed by atoms with Crippen molar-refractivity contribution in [1.82, 2.24) is 20.4 Å². The second kappa shape index (κ2) is 11.9. The maximum atomic E-state index is 12.5. The molecule has 0 aromatic rings. The van der Waals surface area contributed by atoms with Gasteiger partial charge in [0.15, 0.2) is 5.96 Å². The molecule has 1 heterocycles. The first-order valence-electron chi connectivity index (χ1n) is 10.3. The van der Waals surface area contributed by atoms with Crippen LogP contribution >= 0.6 is 0 Å². The number of amides is 2. The van der Waals surface area contributed by atoms with Crippen molar-refractivity contribution in [2.45, 2.75) is 58.7 Å². The monoisotopic (exact) mass is 421 g/mol. The Hall–Kier alpha value is -2.00. The van der Waals surface area contributed by atoms with Crippen molar-refractivity contribution in [3.63, 3.8) is 0 Å². The molecule has 0 saturated carbocycles. The van der Waals surface area contributed by atoms with E-state index in [0.29, 0.717) is 30.5 Å². The van der Waals surface area contributed by atoms with Crippen molar-refractivity contribution in [3.8, 4) is 0 Å². The van der Waals surface area contributed by atoms with Gasteiger partial charge in [-0.2, -0.15) is 13.2 Å². The van der Waals surface area contributed by atoms with Gasteiger partial charge in [-0.05, 0) is 32.6 Å². The van der Waals surface area contributed by atoms with Crippen LogP contribution in [0.2, 0.25) is 0 Å². The number of rotatable bonds is 8. The number of aliphatic imine (C=N–C) groups is 1. The Kier molecular flexibility index (Phi) is 10.2. The van der Waals surface area contributed by atoms with Gasteiger partial charge >= 0.3 is 6.18 Å². The van der Waals surface area contributed by atoms with Gasteiger partial charge in [0, 0.05) is 38.6 Å². The zero-order chi connectivity index (χ0) is 22.0. The molecule has 2 N–H and O–H groups in total. The standard InChI is InChI=1S/C19H34F3N5O2/c1-5-14(6-2)17(29)27-10-8-15(9-11-27)25-18(23-7-3)24-12-16(28)26(4)13-19(20,21)22/h14-15H,5-13H2,1-4H3,(H2,23,24,25).